The Morgan fingerprint density at radius 1 is 1.29 bits per heavy atom. The van der Waals surface area contributed by atoms with Crippen LogP contribution in [0.1, 0.15) is 34.4 Å². The number of rotatable bonds is 6. The van der Waals surface area contributed by atoms with Crippen molar-refractivity contribution in [3.63, 3.8) is 0 Å². The highest BCUT2D eigenvalue weighted by atomic mass is 19.1. The van der Waals surface area contributed by atoms with Crippen molar-refractivity contribution >= 4 is 17.6 Å². The highest BCUT2D eigenvalue weighted by Crippen LogP contribution is 2.16. The van der Waals surface area contributed by atoms with E-state index in [0.717, 1.165) is 0 Å². The van der Waals surface area contributed by atoms with Gasteiger partial charge in [-0.3, -0.25) is 14.4 Å². The first-order valence-electron chi connectivity index (χ1n) is 8.57. The van der Waals surface area contributed by atoms with Crippen molar-refractivity contribution in [3.05, 3.63) is 62.3 Å². The number of nitriles is 1. The number of halogens is 1. The summed E-state index contributed by atoms with van der Waals surface area (Å²) in [6.07, 6.45) is 0.234. The number of carbonyl (C=O) groups is 2. The minimum Gasteiger partial charge on any atom is -0.456 e. The fourth-order valence-corrected chi connectivity index (χ4v) is 2.73. The van der Waals surface area contributed by atoms with Gasteiger partial charge in [0.15, 0.2) is 6.61 Å². The fourth-order valence-electron chi connectivity index (χ4n) is 2.73. The van der Waals surface area contributed by atoms with Gasteiger partial charge in [0.25, 0.3) is 11.5 Å². The van der Waals surface area contributed by atoms with Gasteiger partial charge in [-0.05, 0) is 56.0 Å². The summed E-state index contributed by atoms with van der Waals surface area (Å²) in [7, 11) is 0. The lowest BCUT2D eigenvalue weighted by Crippen LogP contribution is -2.21. The Hall–Kier alpha value is -3.47. The minimum absolute atomic E-state index is 0.0127. The normalized spacial score (nSPS) is 10.2. The number of hydrogen-bond acceptors (Lipinski definition) is 5. The van der Waals surface area contributed by atoms with E-state index < -0.39 is 29.9 Å². The van der Waals surface area contributed by atoms with Crippen LogP contribution in [0.4, 0.5) is 10.1 Å². The van der Waals surface area contributed by atoms with Gasteiger partial charge in [-0.2, -0.15) is 5.26 Å². The van der Waals surface area contributed by atoms with Crippen molar-refractivity contribution in [2.24, 2.45) is 0 Å². The standard InChI is InChI=1S/C20H20FN3O4/c1-11-4-5-14(8-17(11)21)24-18(25)10-28-19(26)7-6-15-12(2)16(9-22)20(27)23-13(15)3/h4-5,8H,6-7,10H2,1-3H3,(H,23,27)(H,24,25). The van der Waals surface area contributed by atoms with E-state index in [1.807, 2.05) is 6.07 Å². The van der Waals surface area contributed by atoms with E-state index in [-0.39, 0.29) is 24.1 Å². The Morgan fingerprint density at radius 3 is 2.64 bits per heavy atom. The van der Waals surface area contributed by atoms with E-state index in [9.17, 15) is 18.8 Å². The average molecular weight is 385 g/mol. The number of nitrogens with one attached hydrogen (secondary N) is 2. The summed E-state index contributed by atoms with van der Waals surface area (Å²) in [6, 6.07) is 6.11. The van der Waals surface area contributed by atoms with Crippen LogP contribution in [-0.4, -0.2) is 23.5 Å². The van der Waals surface area contributed by atoms with Crippen molar-refractivity contribution < 1.29 is 18.7 Å². The van der Waals surface area contributed by atoms with E-state index in [1.54, 1.807) is 26.8 Å². The van der Waals surface area contributed by atoms with Crippen molar-refractivity contribution in [1.82, 2.24) is 4.98 Å². The third-order valence-corrected chi connectivity index (χ3v) is 4.32. The zero-order chi connectivity index (χ0) is 20.8. The molecule has 0 saturated carbocycles. The van der Waals surface area contributed by atoms with E-state index in [4.69, 9.17) is 10.00 Å². The molecular weight excluding hydrogens is 365 g/mol. The maximum atomic E-state index is 13.5. The maximum Gasteiger partial charge on any atom is 0.306 e. The molecule has 0 spiro atoms. The molecule has 1 aromatic heterocycles. The minimum atomic E-state index is -0.603. The first-order chi connectivity index (χ1) is 13.2. The molecule has 1 aromatic carbocycles. The molecule has 0 atom stereocenters. The molecular formula is C20H20FN3O4. The highest BCUT2D eigenvalue weighted by molar-refractivity contribution is 5.92. The lowest BCUT2D eigenvalue weighted by Gasteiger charge is -2.11. The predicted molar refractivity (Wildman–Crippen MR) is 100 cm³/mol. The zero-order valence-electron chi connectivity index (χ0n) is 15.8. The molecule has 1 amide bonds. The summed E-state index contributed by atoms with van der Waals surface area (Å²) in [5.74, 6) is -1.63. The number of amides is 1. The first kappa shape index (κ1) is 20.8. The largest absolute Gasteiger partial charge is 0.456 e. The zero-order valence-corrected chi connectivity index (χ0v) is 15.8. The van der Waals surface area contributed by atoms with Crippen molar-refractivity contribution in [2.75, 3.05) is 11.9 Å². The predicted octanol–water partition coefficient (Wildman–Crippen LogP) is 2.43. The molecule has 7 nitrogen and oxygen atoms in total. The second kappa shape index (κ2) is 8.95. The molecule has 0 fully saturated rings. The monoisotopic (exact) mass is 385 g/mol. The number of aromatic amines is 1. The molecule has 0 unspecified atom stereocenters. The smallest absolute Gasteiger partial charge is 0.306 e. The molecule has 2 N–H and O–H groups in total. The number of H-pyrrole nitrogens is 1. The highest BCUT2D eigenvalue weighted by Gasteiger charge is 2.14. The lowest BCUT2D eigenvalue weighted by molar-refractivity contribution is -0.147. The number of anilines is 1. The van der Waals surface area contributed by atoms with Gasteiger partial charge in [0, 0.05) is 17.8 Å². The summed E-state index contributed by atoms with van der Waals surface area (Å²) in [4.78, 5) is 38.0. The quantitative estimate of drug-likeness (QED) is 0.742. The van der Waals surface area contributed by atoms with Gasteiger partial charge in [-0.1, -0.05) is 6.07 Å². The van der Waals surface area contributed by atoms with Crippen molar-refractivity contribution in [3.8, 4) is 6.07 Å². The number of esters is 1. The first-order valence-corrected chi connectivity index (χ1v) is 8.57. The van der Waals surface area contributed by atoms with Crippen LogP contribution in [-0.2, 0) is 20.7 Å². The molecule has 2 rings (SSSR count). The molecule has 1 heterocycles. The van der Waals surface area contributed by atoms with Gasteiger partial charge in [0.05, 0.1) is 0 Å². The van der Waals surface area contributed by atoms with Gasteiger partial charge in [0.1, 0.15) is 17.4 Å². The van der Waals surface area contributed by atoms with Gasteiger partial charge in [-0.25, -0.2) is 4.39 Å². The molecule has 146 valence electrons. The van der Waals surface area contributed by atoms with E-state index in [2.05, 4.69) is 10.3 Å². The molecule has 0 radical (unpaired) electrons. The van der Waals surface area contributed by atoms with E-state index in [1.165, 1.54) is 12.1 Å². The number of benzene rings is 1. The number of pyridine rings is 1. The van der Waals surface area contributed by atoms with Crippen LogP contribution in [0.15, 0.2) is 23.0 Å². The van der Waals surface area contributed by atoms with Gasteiger partial charge < -0.3 is 15.0 Å². The molecule has 0 aliphatic carbocycles. The second-order valence-electron chi connectivity index (χ2n) is 6.34. The number of carbonyl (C=O) groups excluding carboxylic acids is 2. The van der Waals surface area contributed by atoms with Crippen LogP contribution >= 0.6 is 0 Å². The number of aryl methyl sites for hydroxylation is 2. The number of ether oxygens (including phenoxy) is 1. The summed E-state index contributed by atoms with van der Waals surface area (Å²) in [5.41, 5.74) is 2.06. The summed E-state index contributed by atoms with van der Waals surface area (Å²) in [5, 5.41) is 11.5. The van der Waals surface area contributed by atoms with Crippen LogP contribution in [0.2, 0.25) is 0 Å². The summed E-state index contributed by atoms with van der Waals surface area (Å²) in [6.45, 7) is 4.44. The van der Waals surface area contributed by atoms with Crippen molar-refractivity contribution in [2.45, 2.75) is 33.6 Å². The van der Waals surface area contributed by atoms with Crippen LogP contribution in [0.5, 0.6) is 0 Å². The van der Waals surface area contributed by atoms with Crippen LogP contribution in [0.3, 0.4) is 0 Å². The molecule has 0 bridgehead atoms. The third kappa shape index (κ3) is 5.04. The molecule has 0 aliphatic heterocycles. The maximum absolute atomic E-state index is 13.5. The number of hydrogen-bond donors (Lipinski definition) is 2. The Morgan fingerprint density at radius 2 is 2.00 bits per heavy atom. The molecule has 2 aromatic rings. The van der Waals surface area contributed by atoms with E-state index >= 15 is 0 Å². The molecule has 8 heteroatoms. The molecule has 0 aliphatic rings. The molecule has 28 heavy (non-hydrogen) atoms. The third-order valence-electron chi connectivity index (χ3n) is 4.32. The van der Waals surface area contributed by atoms with Crippen LogP contribution < -0.4 is 10.9 Å². The van der Waals surface area contributed by atoms with Gasteiger partial charge >= 0.3 is 5.97 Å². The van der Waals surface area contributed by atoms with E-state index in [0.29, 0.717) is 22.4 Å². The summed E-state index contributed by atoms with van der Waals surface area (Å²) < 4.78 is 18.4. The Labute approximate surface area is 161 Å². The average Bonchev–Trinajstić information content (AvgIpc) is 2.63. The fraction of sp³-hybridized carbons (Fsp3) is 0.300. The second-order valence-corrected chi connectivity index (χ2v) is 6.34. The van der Waals surface area contributed by atoms with Gasteiger partial charge in [-0.15, -0.1) is 0 Å². The Kier molecular flexibility index (Phi) is 6.66. The number of aromatic nitrogens is 1. The number of nitrogens with zero attached hydrogens (tertiary/aromatic N) is 1. The topological polar surface area (TPSA) is 112 Å². The van der Waals surface area contributed by atoms with Gasteiger partial charge in [0.2, 0.25) is 0 Å². The molecule has 0 saturated heterocycles. The lowest BCUT2D eigenvalue weighted by atomic mass is 9.99. The Bertz CT molecular complexity index is 1020. The van der Waals surface area contributed by atoms with Crippen LogP contribution in [0.25, 0.3) is 0 Å². The Balaban J connectivity index is 1.89. The SMILES string of the molecule is Cc1ccc(NC(=O)COC(=O)CCc2c(C)[nH]c(=O)c(C#N)c2C)cc1F. The summed E-state index contributed by atoms with van der Waals surface area (Å²) >= 11 is 0. The van der Waals surface area contributed by atoms with Crippen LogP contribution in [0, 0.1) is 37.9 Å². The van der Waals surface area contributed by atoms with Crippen molar-refractivity contribution in [1.29, 1.82) is 5.26 Å².